The van der Waals surface area contributed by atoms with E-state index in [1.807, 2.05) is 6.07 Å². The summed E-state index contributed by atoms with van der Waals surface area (Å²) in [7, 11) is -3.62. The Morgan fingerprint density at radius 1 is 1.19 bits per heavy atom. The molecule has 1 fully saturated rings. The van der Waals surface area contributed by atoms with Crippen molar-refractivity contribution in [3.8, 4) is 17.4 Å². The van der Waals surface area contributed by atoms with Gasteiger partial charge in [0.05, 0.1) is 15.9 Å². The van der Waals surface area contributed by atoms with Crippen molar-refractivity contribution in [1.82, 2.24) is 9.29 Å². The molecule has 2 aliphatic heterocycles. The van der Waals surface area contributed by atoms with Crippen molar-refractivity contribution >= 4 is 26.0 Å². The first-order valence-electron chi connectivity index (χ1n) is 8.21. The lowest BCUT2D eigenvalue weighted by Crippen LogP contribution is -2.31. The Hall–Kier alpha value is -1.84. The van der Waals surface area contributed by atoms with E-state index in [0.717, 1.165) is 4.47 Å². The normalized spacial score (nSPS) is 20.1. The number of hydrogen-bond acceptors (Lipinski definition) is 6. The summed E-state index contributed by atoms with van der Waals surface area (Å²) in [4.78, 5) is 4.36. The van der Waals surface area contributed by atoms with Crippen molar-refractivity contribution < 1.29 is 22.6 Å². The number of aromatic nitrogens is 1. The molecule has 1 aromatic heterocycles. The lowest BCUT2D eigenvalue weighted by molar-refractivity contribution is 0.171. The summed E-state index contributed by atoms with van der Waals surface area (Å²) in [5.41, 5.74) is 0. The zero-order valence-corrected chi connectivity index (χ0v) is 16.2. The van der Waals surface area contributed by atoms with E-state index in [1.165, 1.54) is 10.4 Å². The van der Waals surface area contributed by atoms with Crippen molar-refractivity contribution in [2.75, 3.05) is 26.3 Å². The molecule has 0 bridgehead atoms. The average molecular weight is 441 g/mol. The Balaban J connectivity index is 1.50. The van der Waals surface area contributed by atoms with Crippen molar-refractivity contribution in [1.29, 1.82) is 0 Å². The van der Waals surface area contributed by atoms with Crippen LogP contribution in [0, 0.1) is 0 Å². The van der Waals surface area contributed by atoms with Gasteiger partial charge in [0.2, 0.25) is 15.9 Å². The first-order valence-corrected chi connectivity index (χ1v) is 10.4. The number of fused-ring (bicyclic) bond motifs is 1. The van der Waals surface area contributed by atoms with Crippen molar-refractivity contribution in [3.05, 3.63) is 41.0 Å². The molecule has 2 aromatic rings. The topological polar surface area (TPSA) is 78.0 Å². The zero-order valence-electron chi connectivity index (χ0n) is 13.8. The maximum atomic E-state index is 12.9. The molecule has 26 heavy (non-hydrogen) atoms. The van der Waals surface area contributed by atoms with Crippen LogP contribution in [0.4, 0.5) is 0 Å². The molecule has 9 heteroatoms. The number of pyridine rings is 1. The summed E-state index contributed by atoms with van der Waals surface area (Å²) in [5.74, 6) is 1.50. The SMILES string of the molecule is O=S(=O)(c1ccc2c(c1)OCCO2)N1CC[C@H](Oc2ncccc2Br)C1. The van der Waals surface area contributed by atoms with Gasteiger partial charge >= 0.3 is 0 Å². The van der Waals surface area contributed by atoms with Crippen LogP contribution in [0.1, 0.15) is 6.42 Å². The van der Waals surface area contributed by atoms with E-state index in [-0.39, 0.29) is 17.5 Å². The summed E-state index contributed by atoms with van der Waals surface area (Å²) in [6, 6.07) is 8.33. The average Bonchev–Trinajstić information content (AvgIpc) is 3.13. The van der Waals surface area contributed by atoms with Crippen LogP contribution in [0.15, 0.2) is 45.9 Å². The zero-order chi connectivity index (χ0) is 18.1. The summed E-state index contributed by atoms with van der Waals surface area (Å²) in [6.45, 7) is 1.55. The molecule has 0 aliphatic carbocycles. The molecule has 0 amide bonds. The van der Waals surface area contributed by atoms with Crippen molar-refractivity contribution in [3.63, 3.8) is 0 Å². The molecule has 138 valence electrons. The van der Waals surface area contributed by atoms with E-state index in [1.54, 1.807) is 24.4 Å². The number of benzene rings is 1. The van der Waals surface area contributed by atoms with Crippen LogP contribution in [0.3, 0.4) is 0 Å². The highest BCUT2D eigenvalue weighted by Gasteiger charge is 2.34. The molecule has 1 atom stereocenters. The van der Waals surface area contributed by atoms with Crippen LogP contribution in [0.2, 0.25) is 0 Å². The molecular weight excluding hydrogens is 424 g/mol. The summed E-state index contributed by atoms with van der Waals surface area (Å²) in [5, 5.41) is 0. The molecule has 1 saturated heterocycles. The van der Waals surface area contributed by atoms with E-state index >= 15 is 0 Å². The molecule has 0 unspecified atom stereocenters. The third-order valence-corrected chi connectivity index (χ3v) is 6.73. The molecular formula is C17H17BrN2O5S. The fourth-order valence-corrected chi connectivity index (χ4v) is 4.81. The standard InChI is InChI=1S/C17H17BrN2O5S/c18-14-2-1-6-19-17(14)25-12-5-7-20(11-12)26(21,22)13-3-4-15-16(10-13)24-9-8-23-15/h1-4,6,10,12H,5,7-9,11H2/t12-/m0/s1. The van der Waals surface area contributed by atoms with E-state index in [4.69, 9.17) is 14.2 Å². The van der Waals surface area contributed by atoms with E-state index in [2.05, 4.69) is 20.9 Å². The fourth-order valence-electron chi connectivity index (χ4n) is 2.96. The van der Waals surface area contributed by atoms with Gasteiger partial charge in [0.1, 0.15) is 19.3 Å². The van der Waals surface area contributed by atoms with Crippen molar-refractivity contribution in [2.24, 2.45) is 0 Å². The Morgan fingerprint density at radius 3 is 2.81 bits per heavy atom. The largest absolute Gasteiger partial charge is 0.486 e. The Labute approximate surface area is 160 Å². The van der Waals surface area contributed by atoms with Gasteiger partial charge in [-0.3, -0.25) is 0 Å². The van der Waals surface area contributed by atoms with Crippen LogP contribution >= 0.6 is 15.9 Å². The van der Waals surface area contributed by atoms with Gasteiger partial charge in [0, 0.05) is 18.8 Å². The van der Waals surface area contributed by atoms with Crippen LogP contribution in [-0.2, 0) is 10.0 Å². The second-order valence-electron chi connectivity index (χ2n) is 5.99. The van der Waals surface area contributed by atoms with Gasteiger partial charge in [0.15, 0.2) is 11.5 Å². The second kappa shape index (κ2) is 7.05. The minimum absolute atomic E-state index is 0.196. The monoisotopic (exact) mass is 440 g/mol. The van der Waals surface area contributed by atoms with Crippen LogP contribution in [0.25, 0.3) is 0 Å². The maximum Gasteiger partial charge on any atom is 0.243 e. The van der Waals surface area contributed by atoms with Gasteiger partial charge in [-0.2, -0.15) is 4.31 Å². The highest BCUT2D eigenvalue weighted by molar-refractivity contribution is 9.10. The molecule has 0 N–H and O–H groups in total. The smallest absolute Gasteiger partial charge is 0.243 e. The number of rotatable bonds is 4. The van der Waals surface area contributed by atoms with Crippen molar-refractivity contribution in [2.45, 2.75) is 17.4 Å². The number of nitrogens with zero attached hydrogens (tertiary/aromatic N) is 2. The molecule has 0 saturated carbocycles. The van der Waals surface area contributed by atoms with Crippen LogP contribution in [-0.4, -0.2) is 50.1 Å². The van der Waals surface area contributed by atoms with E-state index < -0.39 is 10.0 Å². The minimum atomic E-state index is -3.62. The summed E-state index contributed by atoms with van der Waals surface area (Å²) in [6.07, 6.45) is 2.00. The van der Waals surface area contributed by atoms with Gasteiger partial charge in [-0.25, -0.2) is 13.4 Å². The Bertz CT molecular complexity index is 921. The number of hydrogen-bond donors (Lipinski definition) is 0. The molecule has 7 nitrogen and oxygen atoms in total. The lowest BCUT2D eigenvalue weighted by Gasteiger charge is -2.21. The van der Waals surface area contributed by atoms with E-state index in [0.29, 0.717) is 43.6 Å². The third-order valence-electron chi connectivity index (χ3n) is 4.26. The summed E-state index contributed by atoms with van der Waals surface area (Å²) < 4.78 is 44.8. The molecule has 0 radical (unpaired) electrons. The number of sulfonamides is 1. The predicted molar refractivity (Wildman–Crippen MR) is 97.2 cm³/mol. The quantitative estimate of drug-likeness (QED) is 0.726. The molecule has 2 aliphatic rings. The first-order chi connectivity index (χ1) is 12.5. The predicted octanol–water partition coefficient (Wildman–Crippen LogP) is 2.46. The first kappa shape index (κ1) is 17.6. The minimum Gasteiger partial charge on any atom is -0.486 e. The molecule has 0 spiro atoms. The Morgan fingerprint density at radius 2 is 2.00 bits per heavy atom. The fraction of sp³-hybridized carbons (Fsp3) is 0.353. The number of ether oxygens (including phenoxy) is 3. The van der Waals surface area contributed by atoms with Gasteiger partial charge in [0.25, 0.3) is 0 Å². The highest BCUT2D eigenvalue weighted by atomic mass is 79.9. The number of halogens is 1. The summed E-state index contributed by atoms with van der Waals surface area (Å²) >= 11 is 3.38. The van der Waals surface area contributed by atoms with Gasteiger partial charge in [-0.05, 0) is 46.6 Å². The van der Waals surface area contributed by atoms with Crippen LogP contribution < -0.4 is 14.2 Å². The van der Waals surface area contributed by atoms with Crippen LogP contribution in [0.5, 0.6) is 17.4 Å². The van der Waals surface area contributed by atoms with E-state index in [9.17, 15) is 8.42 Å². The lowest BCUT2D eigenvalue weighted by atomic mass is 10.3. The second-order valence-corrected chi connectivity index (χ2v) is 8.78. The van der Waals surface area contributed by atoms with Gasteiger partial charge in [-0.1, -0.05) is 0 Å². The molecule has 3 heterocycles. The highest BCUT2D eigenvalue weighted by Crippen LogP contribution is 2.34. The molecule has 4 rings (SSSR count). The van der Waals surface area contributed by atoms with Gasteiger partial charge < -0.3 is 14.2 Å². The Kier molecular flexibility index (Phi) is 4.76. The molecule has 1 aromatic carbocycles. The van der Waals surface area contributed by atoms with Gasteiger partial charge in [-0.15, -0.1) is 0 Å². The maximum absolute atomic E-state index is 12.9. The third kappa shape index (κ3) is 3.38.